The van der Waals surface area contributed by atoms with E-state index in [4.69, 9.17) is 9.47 Å². The summed E-state index contributed by atoms with van der Waals surface area (Å²) < 4.78 is 26.0. The van der Waals surface area contributed by atoms with Gasteiger partial charge in [0.2, 0.25) is 6.36 Å². The van der Waals surface area contributed by atoms with Crippen molar-refractivity contribution in [3.05, 3.63) is 51.3 Å². The van der Waals surface area contributed by atoms with Crippen molar-refractivity contribution in [2.45, 2.75) is 45.4 Å². The van der Waals surface area contributed by atoms with Gasteiger partial charge in [0.05, 0.1) is 28.9 Å². The minimum absolute atomic E-state index is 0.0450. The molecule has 0 bridgehead atoms. The fourth-order valence-electron chi connectivity index (χ4n) is 4.38. The zero-order valence-electron chi connectivity index (χ0n) is 16.8. The van der Waals surface area contributed by atoms with Gasteiger partial charge < -0.3 is 19.7 Å². The van der Waals surface area contributed by atoms with Crippen molar-refractivity contribution in [2.24, 2.45) is 0 Å². The lowest BCUT2D eigenvalue weighted by Crippen LogP contribution is -2.45. The van der Waals surface area contributed by atoms with Crippen LogP contribution in [0.15, 0.2) is 29.1 Å². The van der Waals surface area contributed by atoms with E-state index in [9.17, 15) is 24.2 Å². The molecule has 0 saturated heterocycles. The molecule has 2 aliphatic rings. The molecule has 0 saturated carbocycles. The Labute approximate surface area is 175 Å². The van der Waals surface area contributed by atoms with E-state index >= 15 is 0 Å². The van der Waals surface area contributed by atoms with Crippen LogP contribution in [0, 0.1) is 0 Å². The number of fused-ring (bicyclic) bond motifs is 5. The zero-order valence-corrected chi connectivity index (χ0v) is 16.8. The lowest BCUT2D eigenvalue weighted by atomic mass is 9.85. The van der Waals surface area contributed by atoms with Crippen LogP contribution in [0.25, 0.3) is 22.3 Å². The number of esters is 1. The predicted molar refractivity (Wildman–Crippen MR) is 107 cm³/mol. The van der Waals surface area contributed by atoms with E-state index in [0.717, 1.165) is 0 Å². The number of hydrogen-bond acceptors (Lipinski definition) is 7. The maximum atomic E-state index is 14.1. The first-order valence-corrected chi connectivity index (χ1v) is 9.88. The fraction of sp³-hybridized carbons (Fsp3) is 0.318. The SMILES string of the molecule is CC[C@@]1(O)C(=O)OCc2c1c(OC(C)F)c1n(c2=O)Cc2cc3c(O)cccc3nc2-1. The number of nitrogens with zero attached hydrogens (tertiary/aromatic N) is 2. The van der Waals surface area contributed by atoms with Gasteiger partial charge in [-0.15, -0.1) is 0 Å². The topological polar surface area (TPSA) is 111 Å². The predicted octanol–water partition coefficient (Wildman–Crippen LogP) is 2.48. The van der Waals surface area contributed by atoms with Gasteiger partial charge in [-0.1, -0.05) is 13.0 Å². The number of pyridine rings is 2. The second kappa shape index (κ2) is 6.52. The number of ether oxygens (including phenoxy) is 2. The van der Waals surface area contributed by atoms with Crippen molar-refractivity contribution in [2.75, 3.05) is 0 Å². The number of aromatic nitrogens is 2. The number of benzene rings is 1. The van der Waals surface area contributed by atoms with E-state index < -0.39 is 23.5 Å². The van der Waals surface area contributed by atoms with Crippen LogP contribution in [0.1, 0.15) is 37.0 Å². The molecule has 8 nitrogen and oxygen atoms in total. The van der Waals surface area contributed by atoms with Crippen molar-refractivity contribution in [3.63, 3.8) is 0 Å². The van der Waals surface area contributed by atoms with Crippen molar-refractivity contribution in [1.29, 1.82) is 0 Å². The normalized spacial score (nSPS) is 20.1. The zero-order chi connectivity index (χ0) is 22.1. The number of carbonyl (C=O) groups is 1. The van der Waals surface area contributed by atoms with E-state index in [1.165, 1.54) is 17.6 Å². The maximum Gasteiger partial charge on any atom is 0.343 e. The molecule has 2 atom stereocenters. The Balaban J connectivity index is 1.90. The molecule has 0 fully saturated rings. The number of aliphatic hydroxyl groups is 1. The van der Waals surface area contributed by atoms with E-state index in [-0.39, 0.29) is 47.9 Å². The minimum Gasteiger partial charge on any atom is -0.507 e. The van der Waals surface area contributed by atoms with Crippen molar-refractivity contribution in [3.8, 4) is 22.9 Å². The lowest BCUT2D eigenvalue weighted by molar-refractivity contribution is -0.172. The smallest absolute Gasteiger partial charge is 0.343 e. The number of alkyl halides is 1. The molecule has 0 radical (unpaired) electrons. The molecule has 1 unspecified atom stereocenters. The average Bonchev–Trinajstić information content (AvgIpc) is 3.11. The van der Waals surface area contributed by atoms with Crippen LogP contribution in [0.4, 0.5) is 4.39 Å². The van der Waals surface area contributed by atoms with Crippen LogP contribution < -0.4 is 10.3 Å². The molecule has 0 amide bonds. The monoisotopic (exact) mass is 426 g/mol. The summed E-state index contributed by atoms with van der Waals surface area (Å²) in [6.45, 7) is 2.50. The highest BCUT2D eigenvalue weighted by molar-refractivity contribution is 5.91. The lowest BCUT2D eigenvalue weighted by Gasteiger charge is -2.33. The van der Waals surface area contributed by atoms with Gasteiger partial charge in [0.15, 0.2) is 11.4 Å². The minimum atomic E-state index is -2.15. The van der Waals surface area contributed by atoms with Crippen molar-refractivity contribution >= 4 is 16.9 Å². The molecular weight excluding hydrogens is 407 g/mol. The van der Waals surface area contributed by atoms with Crippen LogP contribution in [0.2, 0.25) is 0 Å². The molecule has 5 rings (SSSR count). The first-order chi connectivity index (χ1) is 14.8. The number of cyclic esters (lactones) is 1. The van der Waals surface area contributed by atoms with Gasteiger partial charge in [-0.2, -0.15) is 0 Å². The van der Waals surface area contributed by atoms with Crippen LogP contribution in [0.5, 0.6) is 11.5 Å². The molecule has 0 aliphatic carbocycles. The van der Waals surface area contributed by atoms with Crippen molar-refractivity contribution in [1.82, 2.24) is 9.55 Å². The van der Waals surface area contributed by atoms with Gasteiger partial charge in [-0.05, 0) is 24.6 Å². The van der Waals surface area contributed by atoms with E-state index in [2.05, 4.69) is 4.98 Å². The second-order valence-electron chi connectivity index (χ2n) is 7.71. The number of aromatic hydroxyl groups is 1. The summed E-state index contributed by atoms with van der Waals surface area (Å²) in [5.41, 5.74) is -1.000. The van der Waals surface area contributed by atoms with Crippen LogP contribution in [-0.4, -0.2) is 32.1 Å². The molecule has 2 aromatic heterocycles. The van der Waals surface area contributed by atoms with Crippen molar-refractivity contribution < 1.29 is 28.9 Å². The molecule has 2 N–H and O–H groups in total. The number of phenols is 1. The molecule has 160 valence electrons. The largest absolute Gasteiger partial charge is 0.507 e. The third-order valence-corrected chi connectivity index (χ3v) is 5.88. The third-order valence-electron chi connectivity index (χ3n) is 5.88. The molecule has 3 aromatic rings. The average molecular weight is 426 g/mol. The van der Waals surface area contributed by atoms with Gasteiger partial charge >= 0.3 is 5.97 Å². The number of rotatable bonds is 3. The fourth-order valence-corrected chi connectivity index (χ4v) is 4.38. The highest BCUT2D eigenvalue weighted by atomic mass is 19.1. The summed E-state index contributed by atoms with van der Waals surface area (Å²) >= 11 is 0. The molecule has 2 aliphatic heterocycles. The van der Waals surface area contributed by atoms with Gasteiger partial charge in [0.25, 0.3) is 5.56 Å². The Bertz CT molecular complexity index is 1330. The van der Waals surface area contributed by atoms with Gasteiger partial charge in [-0.3, -0.25) is 9.36 Å². The third kappa shape index (κ3) is 2.59. The van der Waals surface area contributed by atoms with Crippen LogP contribution >= 0.6 is 0 Å². The summed E-state index contributed by atoms with van der Waals surface area (Å²) in [6, 6.07) is 6.59. The number of carbonyl (C=O) groups excluding carboxylic acids is 1. The standard InChI is InChI=1S/C22H19FN2O6/c1-3-22(29)16-13(9-30-21(22)28)20(27)25-8-11-7-12-14(5-4-6-15(12)26)24-17(11)18(25)19(16)31-10(2)23/h4-7,10,26,29H,3,8-9H2,1-2H3/t10?,22-/m0/s1. The Morgan fingerprint density at radius 1 is 1.39 bits per heavy atom. The first-order valence-electron chi connectivity index (χ1n) is 9.88. The summed E-state index contributed by atoms with van der Waals surface area (Å²) in [5, 5.41) is 21.8. The highest BCUT2D eigenvalue weighted by Crippen LogP contribution is 2.47. The highest BCUT2D eigenvalue weighted by Gasteiger charge is 2.49. The Morgan fingerprint density at radius 3 is 2.87 bits per heavy atom. The van der Waals surface area contributed by atoms with E-state index in [1.54, 1.807) is 25.1 Å². The van der Waals surface area contributed by atoms with Crippen LogP contribution in [-0.2, 0) is 28.3 Å². The van der Waals surface area contributed by atoms with Gasteiger partial charge in [-0.25, -0.2) is 14.2 Å². The van der Waals surface area contributed by atoms with Gasteiger partial charge in [0, 0.05) is 17.9 Å². The Kier molecular flexibility index (Phi) is 4.10. The Hall–Kier alpha value is -3.46. The molecule has 4 heterocycles. The molecule has 31 heavy (non-hydrogen) atoms. The van der Waals surface area contributed by atoms with Gasteiger partial charge in [0.1, 0.15) is 18.1 Å². The summed E-state index contributed by atoms with van der Waals surface area (Å²) in [5.74, 6) is -0.974. The van der Waals surface area contributed by atoms with E-state index in [0.29, 0.717) is 22.2 Å². The number of phenolic OH excluding ortho intramolecular Hbond substituents is 1. The quantitative estimate of drug-likeness (QED) is 0.484. The van der Waals surface area contributed by atoms with Crippen LogP contribution in [0.3, 0.4) is 0 Å². The molecule has 0 spiro atoms. The number of hydrogen-bond donors (Lipinski definition) is 2. The molecule has 9 heteroatoms. The summed E-state index contributed by atoms with van der Waals surface area (Å²) in [6.07, 6.45) is -1.87. The second-order valence-corrected chi connectivity index (χ2v) is 7.71. The first kappa shape index (κ1) is 19.5. The molecular formula is C22H19FN2O6. The van der Waals surface area contributed by atoms with E-state index in [1.807, 2.05) is 0 Å². The maximum absolute atomic E-state index is 14.1. The summed E-state index contributed by atoms with van der Waals surface area (Å²) in [4.78, 5) is 30.3. The molecule has 1 aromatic carbocycles. The summed E-state index contributed by atoms with van der Waals surface area (Å²) in [7, 11) is 0. The Morgan fingerprint density at radius 2 is 2.16 bits per heavy atom. The number of halogens is 1.